The molecule has 4 aromatic carbocycles. The summed E-state index contributed by atoms with van der Waals surface area (Å²) in [5, 5.41) is 0.752. The lowest BCUT2D eigenvalue weighted by Gasteiger charge is -2.02. The third-order valence-electron chi connectivity index (χ3n) is 4.73. The molecule has 0 aliphatic carbocycles. The van der Waals surface area contributed by atoms with Crippen LogP contribution in [-0.2, 0) is 0 Å². The SMILES string of the molecule is COc1cc(F)c(C#Cc2ccc(C#Cc3ccc4c(F)c(F)ccc4c3)cc2)c(F)c1. The van der Waals surface area contributed by atoms with Gasteiger partial charge < -0.3 is 4.74 Å². The lowest BCUT2D eigenvalue weighted by molar-refractivity contribution is 0.406. The Morgan fingerprint density at radius 1 is 0.594 bits per heavy atom. The first-order chi connectivity index (χ1) is 15.4. The molecule has 4 aromatic rings. The van der Waals surface area contributed by atoms with Crippen molar-refractivity contribution in [1.29, 1.82) is 0 Å². The van der Waals surface area contributed by atoms with Crippen LogP contribution in [0.25, 0.3) is 10.8 Å². The third kappa shape index (κ3) is 4.43. The number of methoxy groups -OCH3 is 1. The summed E-state index contributed by atoms with van der Waals surface area (Å²) in [6.45, 7) is 0. The molecule has 0 saturated heterocycles. The van der Waals surface area contributed by atoms with Crippen LogP contribution in [0.3, 0.4) is 0 Å². The molecule has 156 valence electrons. The highest BCUT2D eigenvalue weighted by Gasteiger charge is 2.09. The van der Waals surface area contributed by atoms with E-state index in [9.17, 15) is 17.6 Å². The largest absolute Gasteiger partial charge is 0.497 e. The lowest BCUT2D eigenvalue weighted by atomic mass is 10.1. The van der Waals surface area contributed by atoms with Crippen molar-refractivity contribution in [2.24, 2.45) is 0 Å². The Balaban J connectivity index is 1.54. The maximum absolute atomic E-state index is 14.0. The highest BCUT2D eigenvalue weighted by atomic mass is 19.2. The summed E-state index contributed by atoms with van der Waals surface area (Å²) in [4.78, 5) is 0. The summed E-state index contributed by atoms with van der Waals surface area (Å²) >= 11 is 0. The molecule has 32 heavy (non-hydrogen) atoms. The number of hydrogen-bond donors (Lipinski definition) is 0. The van der Waals surface area contributed by atoms with Gasteiger partial charge in [0.15, 0.2) is 11.6 Å². The average molecular weight is 430 g/mol. The number of fused-ring (bicyclic) bond motifs is 1. The van der Waals surface area contributed by atoms with Crippen LogP contribution < -0.4 is 4.74 Å². The summed E-state index contributed by atoms with van der Waals surface area (Å²) in [6.07, 6.45) is 0. The predicted octanol–water partition coefficient (Wildman–Crippen LogP) is 6.20. The van der Waals surface area contributed by atoms with Gasteiger partial charge in [0.1, 0.15) is 17.4 Å². The molecule has 1 nitrogen and oxygen atoms in total. The van der Waals surface area contributed by atoms with Gasteiger partial charge in [-0.15, -0.1) is 0 Å². The topological polar surface area (TPSA) is 9.23 Å². The monoisotopic (exact) mass is 430 g/mol. The molecule has 4 rings (SSSR count). The predicted molar refractivity (Wildman–Crippen MR) is 115 cm³/mol. The van der Waals surface area contributed by atoms with E-state index in [1.165, 1.54) is 19.2 Å². The van der Waals surface area contributed by atoms with Crippen molar-refractivity contribution < 1.29 is 22.3 Å². The van der Waals surface area contributed by atoms with Gasteiger partial charge in [0.25, 0.3) is 0 Å². The number of hydrogen-bond acceptors (Lipinski definition) is 1. The van der Waals surface area contributed by atoms with Gasteiger partial charge in [-0.05, 0) is 47.9 Å². The minimum atomic E-state index is -0.892. The molecule has 0 radical (unpaired) electrons. The summed E-state index contributed by atoms with van der Waals surface area (Å²) in [7, 11) is 1.32. The molecule has 0 spiro atoms. The van der Waals surface area contributed by atoms with Gasteiger partial charge in [-0.1, -0.05) is 35.8 Å². The lowest BCUT2D eigenvalue weighted by Crippen LogP contribution is -1.93. The molecular weight excluding hydrogens is 416 g/mol. The zero-order valence-electron chi connectivity index (χ0n) is 16.8. The maximum Gasteiger partial charge on any atom is 0.166 e. The fraction of sp³-hybridized carbons (Fsp3) is 0.0370. The number of benzene rings is 4. The molecule has 0 fully saturated rings. The van der Waals surface area contributed by atoms with Crippen LogP contribution in [-0.4, -0.2) is 7.11 Å². The van der Waals surface area contributed by atoms with Gasteiger partial charge in [-0.2, -0.15) is 0 Å². The van der Waals surface area contributed by atoms with Gasteiger partial charge in [-0.3, -0.25) is 0 Å². The number of ether oxygens (including phenoxy) is 1. The van der Waals surface area contributed by atoms with Crippen LogP contribution in [0.15, 0.2) is 66.7 Å². The van der Waals surface area contributed by atoms with Crippen LogP contribution in [0, 0.1) is 47.0 Å². The van der Waals surface area contributed by atoms with Gasteiger partial charge >= 0.3 is 0 Å². The van der Waals surface area contributed by atoms with Gasteiger partial charge in [-0.25, -0.2) is 17.6 Å². The standard InChI is InChI=1S/C27H14F4O/c1-32-21-15-25(29)23(26(30)16-21)12-8-18-4-2-17(3-5-18)6-7-19-9-11-22-20(14-19)10-13-24(28)27(22)31/h2-5,9-11,13-16H,1H3. The van der Waals surface area contributed by atoms with E-state index in [0.29, 0.717) is 22.1 Å². The van der Waals surface area contributed by atoms with E-state index in [-0.39, 0.29) is 16.7 Å². The zero-order valence-corrected chi connectivity index (χ0v) is 16.8. The Kier molecular flexibility index (Phi) is 5.83. The number of halogens is 4. The van der Waals surface area contributed by atoms with E-state index in [1.54, 1.807) is 36.4 Å². The van der Waals surface area contributed by atoms with Crippen LogP contribution in [0.2, 0.25) is 0 Å². The van der Waals surface area contributed by atoms with E-state index in [0.717, 1.165) is 18.2 Å². The second-order valence-electron chi connectivity index (χ2n) is 6.84. The van der Waals surface area contributed by atoms with Crippen molar-refractivity contribution >= 4 is 10.8 Å². The Hall–Kier alpha value is -4.22. The highest BCUT2D eigenvalue weighted by molar-refractivity contribution is 5.84. The van der Waals surface area contributed by atoms with E-state index in [2.05, 4.69) is 23.7 Å². The second-order valence-corrected chi connectivity index (χ2v) is 6.84. The summed E-state index contributed by atoms with van der Waals surface area (Å²) in [6, 6.07) is 16.4. The quantitative estimate of drug-likeness (QED) is 0.258. The van der Waals surface area contributed by atoms with Crippen LogP contribution >= 0.6 is 0 Å². The van der Waals surface area contributed by atoms with E-state index in [1.807, 2.05) is 0 Å². The van der Waals surface area contributed by atoms with E-state index >= 15 is 0 Å². The molecule has 0 aromatic heterocycles. The molecule has 0 bridgehead atoms. The molecule has 0 unspecified atom stereocenters. The van der Waals surface area contributed by atoms with Gasteiger partial charge in [0.2, 0.25) is 0 Å². The van der Waals surface area contributed by atoms with Crippen molar-refractivity contribution in [3.63, 3.8) is 0 Å². The molecule has 5 heteroatoms. The molecular formula is C27H14F4O. The first-order valence-electron chi connectivity index (χ1n) is 9.49. The third-order valence-corrected chi connectivity index (χ3v) is 4.73. The molecule has 0 aliphatic heterocycles. The Morgan fingerprint density at radius 2 is 1.16 bits per heavy atom. The van der Waals surface area contributed by atoms with Crippen LogP contribution in [0.5, 0.6) is 5.75 Å². The molecule has 0 atom stereocenters. The minimum absolute atomic E-state index is 0.0807. The minimum Gasteiger partial charge on any atom is -0.497 e. The molecule has 0 saturated carbocycles. The summed E-state index contributed by atoms with van der Waals surface area (Å²) in [5.74, 6) is 7.90. The molecule has 0 amide bonds. The van der Waals surface area contributed by atoms with E-state index < -0.39 is 23.3 Å². The van der Waals surface area contributed by atoms with E-state index in [4.69, 9.17) is 4.74 Å². The number of rotatable bonds is 1. The van der Waals surface area contributed by atoms with Gasteiger partial charge in [0.05, 0.1) is 12.7 Å². The van der Waals surface area contributed by atoms with Crippen molar-refractivity contribution in [2.45, 2.75) is 0 Å². The highest BCUT2D eigenvalue weighted by Crippen LogP contribution is 2.22. The maximum atomic E-state index is 14.0. The smallest absolute Gasteiger partial charge is 0.166 e. The fourth-order valence-corrected chi connectivity index (χ4v) is 3.05. The van der Waals surface area contributed by atoms with Crippen LogP contribution in [0.4, 0.5) is 17.6 Å². The zero-order chi connectivity index (χ0) is 22.7. The van der Waals surface area contributed by atoms with Crippen molar-refractivity contribution in [3.05, 3.63) is 112 Å². The summed E-state index contributed by atoms with van der Waals surface area (Å²) in [5.41, 5.74) is 1.58. The Bertz CT molecular complexity index is 1430. The van der Waals surface area contributed by atoms with Gasteiger partial charge in [0, 0.05) is 34.2 Å². The molecule has 0 N–H and O–H groups in total. The van der Waals surface area contributed by atoms with Crippen molar-refractivity contribution in [1.82, 2.24) is 0 Å². The Labute approximate surface area is 182 Å². The van der Waals surface area contributed by atoms with Crippen LogP contribution in [0.1, 0.15) is 22.3 Å². The normalized spacial score (nSPS) is 10.2. The first kappa shape index (κ1) is 21.0. The molecule has 0 heterocycles. The Morgan fingerprint density at radius 3 is 1.78 bits per heavy atom. The summed E-state index contributed by atoms with van der Waals surface area (Å²) < 4.78 is 59.9. The van der Waals surface area contributed by atoms with Crippen molar-refractivity contribution in [3.8, 4) is 29.4 Å². The first-order valence-corrected chi connectivity index (χ1v) is 9.49. The fourth-order valence-electron chi connectivity index (χ4n) is 3.05. The molecule has 0 aliphatic rings. The van der Waals surface area contributed by atoms with Crippen molar-refractivity contribution in [2.75, 3.05) is 7.11 Å². The average Bonchev–Trinajstić information content (AvgIpc) is 2.80. The second kappa shape index (κ2) is 8.88.